The molecule has 1 aromatic carbocycles. The molecule has 0 spiro atoms. The van der Waals surface area contributed by atoms with Crippen LogP contribution in [0.1, 0.15) is 5.56 Å². The second kappa shape index (κ2) is 5.51. The van der Waals surface area contributed by atoms with E-state index in [1.54, 1.807) is 0 Å². The highest BCUT2D eigenvalue weighted by Crippen LogP contribution is 2.29. The lowest BCUT2D eigenvalue weighted by atomic mass is 10.2. The standard InChI is InChI=1S/C11H11BrClN5/c1-6-2-3-7(4-8(6)13)17-10-9(12)11(18-14)16-5-15-10/h2-5H,14H2,1H3,(H2,15,16,17,18). The Balaban J connectivity index is 2.31. The van der Waals surface area contributed by atoms with Gasteiger partial charge in [0, 0.05) is 10.7 Å². The first-order chi connectivity index (χ1) is 8.61. The summed E-state index contributed by atoms with van der Waals surface area (Å²) in [6.45, 7) is 1.95. The Morgan fingerprint density at radius 1 is 1.28 bits per heavy atom. The number of nitrogens with one attached hydrogen (secondary N) is 2. The van der Waals surface area contributed by atoms with Gasteiger partial charge in [0.2, 0.25) is 0 Å². The molecule has 2 aromatic rings. The average molecular weight is 329 g/mol. The number of benzene rings is 1. The molecule has 0 aliphatic carbocycles. The highest BCUT2D eigenvalue weighted by atomic mass is 79.9. The molecule has 7 heteroatoms. The molecule has 4 N–H and O–H groups in total. The highest BCUT2D eigenvalue weighted by Gasteiger charge is 2.08. The van der Waals surface area contributed by atoms with Crippen molar-refractivity contribution in [3.63, 3.8) is 0 Å². The predicted octanol–water partition coefficient (Wildman–Crippen LogP) is 3.23. The maximum Gasteiger partial charge on any atom is 0.159 e. The molecule has 2 rings (SSSR count). The molecule has 0 unspecified atom stereocenters. The highest BCUT2D eigenvalue weighted by molar-refractivity contribution is 9.10. The van der Waals surface area contributed by atoms with Gasteiger partial charge in [-0.15, -0.1) is 0 Å². The molecule has 0 saturated carbocycles. The van der Waals surface area contributed by atoms with E-state index < -0.39 is 0 Å². The predicted molar refractivity (Wildman–Crippen MR) is 77.0 cm³/mol. The summed E-state index contributed by atoms with van der Waals surface area (Å²) in [5.74, 6) is 6.45. The molecule has 5 nitrogen and oxygen atoms in total. The monoisotopic (exact) mass is 327 g/mol. The molecule has 0 fully saturated rings. The Hall–Kier alpha value is -1.37. The fraction of sp³-hybridized carbons (Fsp3) is 0.0909. The van der Waals surface area contributed by atoms with E-state index in [-0.39, 0.29) is 0 Å². The van der Waals surface area contributed by atoms with E-state index >= 15 is 0 Å². The molecule has 1 heterocycles. The first kappa shape index (κ1) is 13.1. The van der Waals surface area contributed by atoms with Crippen LogP contribution in [0.15, 0.2) is 29.0 Å². The van der Waals surface area contributed by atoms with Crippen LogP contribution in [0.3, 0.4) is 0 Å². The second-order valence-electron chi connectivity index (χ2n) is 3.62. The zero-order valence-corrected chi connectivity index (χ0v) is 11.9. The fourth-order valence-corrected chi connectivity index (χ4v) is 1.96. The summed E-state index contributed by atoms with van der Waals surface area (Å²) in [5.41, 5.74) is 4.34. The van der Waals surface area contributed by atoms with Crippen LogP contribution in [0.4, 0.5) is 17.3 Å². The van der Waals surface area contributed by atoms with Gasteiger partial charge >= 0.3 is 0 Å². The largest absolute Gasteiger partial charge is 0.339 e. The van der Waals surface area contributed by atoms with Crippen molar-refractivity contribution in [3.05, 3.63) is 39.6 Å². The minimum Gasteiger partial charge on any atom is -0.339 e. The number of nitrogens with two attached hydrogens (primary N) is 1. The summed E-state index contributed by atoms with van der Waals surface area (Å²) in [7, 11) is 0. The Bertz CT molecular complexity index is 575. The van der Waals surface area contributed by atoms with Crippen molar-refractivity contribution in [2.45, 2.75) is 6.92 Å². The maximum atomic E-state index is 6.06. The SMILES string of the molecule is Cc1ccc(Nc2ncnc(NN)c2Br)cc1Cl. The Morgan fingerprint density at radius 3 is 2.67 bits per heavy atom. The van der Waals surface area contributed by atoms with Gasteiger partial charge in [0.15, 0.2) is 5.82 Å². The summed E-state index contributed by atoms with van der Waals surface area (Å²) < 4.78 is 0.657. The molecule has 18 heavy (non-hydrogen) atoms. The van der Waals surface area contributed by atoms with E-state index in [4.69, 9.17) is 17.4 Å². The topological polar surface area (TPSA) is 75.9 Å². The number of hydrazine groups is 1. The summed E-state index contributed by atoms with van der Waals surface area (Å²) in [6, 6.07) is 5.69. The van der Waals surface area contributed by atoms with Gasteiger partial charge in [0.1, 0.15) is 16.6 Å². The van der Waals surface area contributed by atoms with Crippen molar-refractivity contribution in [1.29, 1.82) is 0 Å². The number of nitrogen functional groups attached to an aromatic ring is 1. The minimum absolute atomic E-state index is 0.505. The number of nitrogens with zero attached hydrogens (tertiary/aromatic N) is 2. The van der Waals surface area contributed by atoms with Crippen molar-refractivity contribution in [1.82, 2.24) is 9.97 Å². The number of halogens is 2. The second-order valence-corrected chi connectivity index (χ2v) is 4.82. The van der Waals surface area contributed by atoms with E-state index in [9.17, 15) is 0 Å². The Labute approximate surface area is 118 Å². The summed E-state index contributed by atoms with van der Waals surface area (Å²) >= 11 is 9.43. The van der Waals surface area contributed by atoms with E-state index in [2.05, 4.69) is 36.6 Å². The number of aromatic nitrogens is 2. The van der Waals surface area contributed by atoms with Crippen molar-refractivity contribution in [3.8, 4) is 0 Å². The molecule has 0 saturated heterocycles. The third kappa shape index (κ3) is 2.72. The Morgan fingerprint density at radius 2 is 2.00 bits per heavy atom. The quantitative estimate of drug-likeness (QED) is 0.596. The van der Waals surface area contributed by atoms with Crippen LogP contribution in [0, 0.1) is 6.92 Å². The van der Waals surface area contributed by atoms with Crippen molar-refractivity contribution in [2.24, 2.45) is 5.84 Å². The zero-order chi connectivity index (χ0) is 13.1. The van der Waals surface area contributed by atoms with E-state index in [0.29, 0.717) is 21.1 Å². The van der Waals surface area contributed by atoms with Crippen LogP contribution in [0.5, 0.6) is 0 Å². The number of hydrogen-bond acceptors (Lipinski definition) is 5. The Kier molecular flexibility index (Phi) is 4.00. The molecule has 0 aliphatic heterocycles. The van der Waals surface area contributed by atoms with Crippen molar-refractivity contribution < 1.29 is 0 Å². The fourth-order valence-electron chi connectivity index (χ4n) is 1.36. The number of anilines is 3. The number of aryl methyl sites for hydroxylation is 1. The zero-order valence-electron chi connectivity index (χ0n) is 9.54. The average Bonchev–Trinajstić information content (AvgIpc) is 2.36. The molecule has 94 valence electrons. The van der Waals surface area contributed by atoms with Crippen LogP contribution in [-0.4, -0.2) is 9.97 Å². The third-order valence-corrected chi connectivity index (χ3v) is 3.52. The first-order valence-electron chi connectivity index (χ1n) is 5.12. The van der Waals surface area contributed by atoms with Crippen LogP contribution < -0.4 is 16.6 Å². The van der Waals surface area contributed by atoms with E-state index in [0.717, 1.165) is 11.3 Å². The van der Waals surface area contributed by atoms with Gasteiger partial charge in [-0.05, 0) is 40.5 Å². The molecular weight excluding hydrogens is 318 g/mol. The lowest BCUT2D eigenvalue weighted by Gasteiger charge is -2.10. The van der Waals surface area contributed by atoms with Crippen molar-refractivity contribution >= 4 is 44.9 Å². The molecule has 0 aliphatic rings. The van der Waals surface area contributed by atoms with Crippen LogP contribution >= 0.6 is 27.5 Å². The third-order valence-electron chi connectivity index (χ3n) is 2.36. The molecular formula is C11H11BrClN5. The maximum absolute atomic E-state index is 6.06. The van der Waals surface area contributed by atoms with Gasteiger partial charge < -0.3 is 10.7 Å². The lowest BCUT2D eigenvalue weighted by molar-refractivity contribution is 1.12. The molecule has 1 aromatic heterocycles. The molecule has 0 bridgehead atoms. The summed E-state index contributed by atoms with van der Waals surface area (Å²) in [6.07, 6.45) is 1.41. The minimum atomic E-state index is 0.505. The van der Waals surface area contributed by atoms with Gasteiger partial charge in [0.25, 0.3) is 0 Å². The van der Waals surface area contributed by atoms with Gasteiger partial charge in [-0.1, -0.05) is 17.7 Å². The lowest BCUT2D eigenvalue weighted by Crippen LogP contribution is -2.10. The van der Waals surface area contributed by atoms with Crippen LogP contribution in [0.25, 0.3) is 0 Å². The molecule has 0 atom stereocenters. The summed E-state index contributed by atoms with van der Waals surface area (Å²) in [4.78, 5) is 8.10. The van der Waals surface area contributed by atoms with Gasteiger partial charge in [-0.25, -0.2) is 15.8 Å². The van der Waals surface area contributed by atoms with Gasteiger partial charge in [0.05, 0.1) is 0 Å². The first-order valence-corrected chi connectivity index (χ1v) is 6.29. The summed E-state index contributed by atoms with van der Waals surface area (Å²) in [5, 5.41) is 3.83. The van der Waals surface area contributed by atoms with Crippen molar-refractivity contribution in [2.75, 3.05) is 10.7 Å². The van der Waals surface area contributed by atoms with E-state index in [1.165, 1.54) is 6.33 Å². The normalized spacial score (nSPS) is 10.2. The molecule has 0 radical (unpaired) electrons. The number of rotatable bonds is 3. The van der Waals surface area contributed by atoms with Gasteiger partial charge in [-0.3, -0.25) is 0 Å². The number of hydrogen-bond donors (Lipinski definition) is 3. The smallest absolute Gasteiger partial charge is 0.159 e. The molecule has 0 amide bonds. The van der Waals surface area contributed by atoms with E-state index in [1.807, 2.05) is 25.1 Å². The van der Waals surface area contributed by atoms with Crippen LogP contribution in [-0.2, 0) is 0 Å². The van der Waals surface area contributed by atoms with Gasteiger partial charge in [-0.2, -0.15) is 0 Å². The van der Waals surface area contributed by atoms with Crippen LogP contribution in [0.2, 0.25) is 5.02 Å².